The molecular formula is C17H36N2O. The fourth-order valence-corrected chi connectivity index (χ4v) is 3.85. The zero-order valence-corrected chi connectivity index (χ0v) is 15.1. The second-order valence-corrected chi connectivity index (χ2v) is 8.71. The van der Waals surface area contributed by atoms with Crippen LogP contribution >= 0.6 is 0 Å². The monoisotopic (exact) mass is 284 g/mol. The fraction of sp³-hybridized carbons (Fsp3) is 1.00. The van der Waals surface area contributed by atoms with E-state index in [9.17, 15) is 0 Å². The Labute approximate surface area is 126 Å². The Balaban J connectivity index is 2.83. The molecule has 1 fully saturated rings. The van der Waals surface area contributed by atoms with Crippen LogP contribution in [-0.4, -0.2) is 48.8 Å². The number of rotatable bonds is 5. The second-order valence-electron chi connectivity index (χ2n) is 8.71. The van der Waals surface area contributed by atoms with Gasteiger partial charge in [-0.15, -0.1) is 0 Å². The van der Waals surface area contributed by atoms with E-state index in [1.165, 1.54) is 0 Å². The highest BCUT2D eigenvalue weighted by molar-refractivity contribution is 5.06. The molecule has 3 nitrogen and oxygen atoms in total. The van der Waals surface area contributed by atoms with Crippen molar-refractivity contribution in [3.05, 3.63) is 0 Å². The minimum Gasteiger partial charge on any atom is -0.368 e. The molecule has 0 bridgehead atoms. The Hall–Kier alpha value is -0.120. The van der Waals surface area contributed by atoms with Crippen molar-refractivity contribution in [1.29, 1.82) is 0 Å². The Bertz CT molecular complexity index is 317. The maximum atomic E-state index is 6.36. The maximum absolute atomic E-state index is 6.36. The Morgan fingerprint density at radius 1 is 1.10 bits per heavy atom. The first kappa shape index (κ1) is 17.9. The van der Waals surface area contributed by atoms with Gasteiger partial charge in [0.25, 0.3) is 0 Å². The highest BCUT2D eigenvalue weighted by Gasteiger charge is 2.53. The lowest BCUT2D eigenvalue weighted by molar-refractivity contribution is -0.0795. The predicted molar refractivity (Wildman–Crippen MR) is 87.1 cm³/mol. The van der Waals surface area contributed by atoms with Gasteiger partial charge in [-0.05, 0) is 46.7 Å². The van der Waals surface area contributed by atoms with Crippen molar-refractivity contribution in [3.8, 4) is 0 Å². The second kappa shape index (κ2) is 5.94. The summed E-state index contributed by atoms with van der Waals surface area (Å²) in [7, 11) is 2.23. The molecule has 3 heteroatoms. The van der Waals surface area contributed by atoms with Crippen LogP contribution < -0.4 is 5.32 Å². The first-order valence-corrected chi connectivity index (χ1v) is 8.01. The summed E-state index contributed by atoms with van der Waals surface area (Å²) < 4.78 is 6.36. The molecule has 2 atom stereocenters. The van der Waals surface area contributed by atoms with E-state index in [0.717, 1.165) is 19.6 Å². The number of hydrogen-bond donors (Lipinski definition) is 1. The summed E-state index contributed by atoms with van der Waals surface area (Å²) in [5.74, 6) is 0.504. The molecule has 0 saturated carbocycles. The van der Waals surface area contributed by atoms with Crippen LogP contribution in [-0.2, 0) is 4.74 Å². The van der Waals surface area contributed by atoms with Gasteiger partial charge >= 0.3 is 0 Å². The molecule has 0 spiro atoms. The summed E-state index contributed by atoms with van der Waals surface area (Å²) in [4.78, 5) is 2.46. The van der Waals surface area contributed by atoms with Crippen LogP contribution in [0.1, 0.15) is 55.4 Å². The molecule has 0 aromatic carbocycles. The number of nitrogens with zero attached hydrogens (tertiary/aromatic N) is 1. The quantitative estimate of drug-likeness (QED) is 0.839. The lowest BCUT2D eigenvalue weighted by Crippen LogP contribution is -2.51. The predicted octanol–water partition coefficient (Wildman–Crippen LogP) is 3.15. The minimum atomic E-state index is -0.104. The topological polar surface area (TPSA) is 24.5 Å². The van der Waals surface area contributed by atoms with Gasteiger partial charge in [0.1, 0.15) is 0 Å². The van der Waals surface area contributed by atoms with Crippen molar-refractivity contribution in [2.45, 2.75) is 72.6 Å². The normalized spacial score (nSPS) is 29.1. The van der Waals surface area contributed by atoms with E-state index in [1.807, 2.05) is 0 Å². The van der Waals surface area contributed by atoms with Crippen molar-refractivity contribution in [2.24, 2.45) is 11.3 Å². The average Bonchev–Trinajstić information content (AvgIpc) is 2.33. The van der Waals surface area contributed by atoms with E-state index >= 15 is 0 Å². The first-order valence-electron chi connectivity index (χ1n) is 8.01. The molecule has 1 N–H and O–H groups in total. The smallest absolute Gasteiger partial charge is 0.0790 e. The minimum absolute atomic E-state index is 0.0809. The summed E-state index contributed by atoms with van der Waals surface area (Å²) in [6.07, 6.45) is 0. The van der Waals surface area contributed by atoms with Gasteiger partial charge in [-0.3, -0.25) is 0 Å². The lowest BCUT2D eigenvalue weighted by Gasteiger charge is -2.35. The van der Waals surface area contributed by atoms with Crippen molar-refractivity contribution in [1.82, 2.24) is 10.2 Å². The summed E-state index contributed by atoms with van der Waals surface area (Å²) in [5.41, 5.74) is 0.150. The van der Waals surface area contributed by atoms with Crippen LogP contribution in [0.15, 0.2) is 0 Å². The molecule has 1 aliphatic rings. The molecule has 0 aromatic heterocycles. The summed E-state index contributed by atoms with van der Waals surface area (Å²) >= 11 is 0. The molecule has 0 radical (unpaired) electrons. The van der Waals surface area contributed by atoms with Crippen LogP contribution in [0, 0.1) is 11.3 Å². The number of likely N-dealkylation sites (N-methyl/N-ethyl adjacent to an activating group) is 1. The van der Waals surface area contributed by atoms with Gasteiger partial charge in [-0.25, -0.2) is 0 Å². The van der Waals surface area contributed by atoms with E-state index in [1.54, 1.807) is 0 Å². The number of ether oxygens (including phenoxy) is 1. The fourth-order valence-electron chi connectivity index (χ4n) is 3.85. The molecule has 1 rings (SSSR count). The van der Waals surface area contributed by atoms with E-state index in [2.05, 4.69) is 72.7 Å². The van der Waals surface area contributed by atoms with Gasteiger partial charge in [0.2, 0.25) is 0 Å². The van der Waals surface area contributed by atoms with Gasteiger partial charge in [0.05, 0.1) is 11.2 Å². The highest BCUT2D eigenvalue weighted by atomic mass is 16.5. The van der Waals surface area contributed by atoms with Gasteiger partial charge in [0, 0.05) is 25.0 Å². The number of hydrogen-bond acceptors (Lipinski definition) is 3. The van der Waals surface area contributed by atoms with E-state index in [4.69, 9.17) is 4.74 Å². The standard InChI is InChI=1S/C17H36N2O/c1-10-18-14-13(11-19(9)12-15(2,3)4)16(5,6)20-17(14,7)8/h13-14,18H,10-12H2,1-9H3. The zero-order valence-electron chi connectivity index (χ0n) is 15.1. The molecule has 120 valence electrons. The van der Waals surface area contributed by atoms with Crippen LogP contribution in [0.25, 0.3) is 0 Å². The average molecular weight is 284 g/mol. The van der Waals surface area contributed by atoms with Gasteiger partial charge in [0.15, 0.2) is 0 Å². The molecule has 0 amide bonds. The molecule has 0 aromatic rings. The van der Waals surface area contributed by atoms with E-state index < -0.39 is 0 Å². The third-order valence-electron chi connectivity index (χ3n) is 4.25. The third-order valence-corrected chi connectivity index (χ3v) is 4.25. The Kier molecular flexibility index (Phi) is 5.32. The number of nitrogens with one attached hydrogen (secondary N) is 1. The van der Waals surface area contributed by atoms with E-state index in [-0.39, 0.29) is 11.2 Å². The van der Waals surface area contributed by atoms with Crippen LogP contribution in [0.4, 0.5) is 0 Å². The van der Waals surface area contributed by atoms with Crippen molar-refractivity contribution < 1.29 is 4.74 Å². The van der Waals surface area contributed by atoms with Crippen molar-refractivity contribution >= 4 is 0 Å². The third kappa shape index (κ3) is 4.44. The zero-order chi connectivity index (χ0) is 15.8. The van der Waals surface area contributed by atoms with Crippen molar-refractivity contribution in [2.75, 3.05) is 26.7 Å². The molecule has 2 unspecified atom stereocenters. The summed E-state index contributed by atoms with van der Waals surface area (Å²) in [6, 6.07) is 0.407. The van der Waals surface area contributed by atoms with E-state index in [0.29, 0.717) is 17.4 Å². The highest BCUT2D eigenvalue weighted by Crippen LogP contribution is 2.42. The summed E-state index contributed by atoms with van der Waals surface area (Å²) in [5, 5.41) is 3.66. The van der Waals surface area contributed by atoms with Gasteiger partial charge in [-0.2, -0.15) is 0 Å². The largest absolute Gasteiger partial charge is 0.368 e. The molecule has 1 aliphatic heterocycles. The Morgan fingerprint density at radius 3 is 2.10 bits per heavy atom. The molecule has 0 aliphatic carbocycles. The van der Waals surface area contributed by atoms with Crippen LogP contribution in [0.3, 0.4) is 0 Å². The first-order chi connectivity index (χ1) is 8.89. The molecule has 20 heavy (non-hydrogen) atoms. The van der Waals surface area contributed by atoms with Gasteiger partial charge in [-0.1, -0.05) is 27.7 Å². The van der Waals surface area contributed by atoms with Crippen LogP contribution in [0.5, 0.6) is 0 Å². The van der Waals surface area contributed by atoms with Gasteiger partial charge < -0.3 is 15.0 Å². The maximum Gasteiger partial charge on any atom is 0.0790 e. The Morgan fingerprint density at radius 2 is 1.65 bits per heavy atom. The molecule has 1 heterocycles. The van der Waals surface area contributed by atoms with Crippen LogP contribution in [0.2, 0.25) is 0 Å². The summed E-state index contributed by atoms with van der Waals surface area (Å²) in [6.45, 7) is 21.2. The molecular weight excluding hydrogens is 248 g/mol. The molecule has 1 saturated heterocycles. The lowest BCUT2D eigenvalue weighted by atomic mass is 9.81. The van der Waals surface area contributed by atoms with Crippen molar-refractivity contribution in [3.63, 3.8) is 0 Å². The SMILES string of the molecule is CCNC1C(CN(C)CC(C)(C)C)C(C)(C)OC1(C)C.